The van der Waals surface area contributed by atoms with Crippen molar-refractivity contribution in [2.75, 3.05) is 6.61 Å². The molecule has 0 amide bonds. The molecule has 0 saturated heterocycles. The number of ether oxygens (including phenoxy) is 2. The van der Waals surface area contributed by atoms with E-state index < -0.39 is 0 Å². The van der Waals surface area contributed by atoms with Gasteiger partial charge in [-0.1, -0.05) is 13.0 Å². The van der Waals surface area contributed by atoms with Crippen LogP contribution < -0.4 is 9.47 Å². The van der Waals surface area contributed by atoms with Crippen molar-refractivity contribution in [2.24, 2.45) is 0 Å². The van der Waals surface area contributed by atoms with Gasteiger partial charge in [-0.25, -0.2) is 0 Å². The van der Waals surface area contributed by atoms with Crippen LogP contribution in [0.2, 0.25) is 0 Å². The van der Waals surface area contributed by atoms with E-state index in [1.54, 1.807) is 0 Å². The van der Waals surface area contributed by atoms with Gasteiger partial charge in [0.2, 0.25) is 0 Å². The fraction of sp³-hybridized carbons (Fsp3) is 0.571. The molecule has 0 aliphatic carbocycles. The van der Waals surface area contributed by atoms with Crippen molar-refractivity contribution >= 4 is 0 Å². The number of hydrogen-bond donors (Lipinski definition) is 0. The summed E-state index contributed by atoms with van der Waals surface area (Å²) in [6, 6.07) is 6.18. The van der Waals surface area contributed by atoms with Gasteiger partial charge in [-0.2, -0.15) is 0 Å². The molecule has 0 spiro atoms. The third kappa shape index (κ3) is 2.49. The van der Waals surface area contributed by atoms with Crippen LogP contribution in [0.1, 0.15) is 39.2 Å². The lowest BCUT2D eigenvalue weighted by Crippen LogP contribution is -2.32. The second-order valence-electron chi connectivity index (χ2n) is 4.98. The summed E-state index contributed by atoms with van der Waals surface area (Å²) in [5, 5.41) is 0. The second-order valence-corrected chi connectivity index (χ2v) is 4.98. The summed E-state index contributed by atoms with van der Waals surface area (Å²) in [6.07, 6.45) is 3.20. The minimum Gasteiger partial charge on any atom is -0.493 e. The first-order valence-electron chi connectivity index (χ1n) is 6.05. The third-order valence-corrected chi connectivity index (χ3v) is 2.89. The molecule has 2 nitrogen and oxygen atoms in total. The molecule has 1 heterocycles. The molecule has 0 fully saturated rings. The Morgan fingerprint density at radius 1 is 1.38 bits per heavy atom. The van der Waals surface area contributed by atoms with Gasteiger partial charge in [-0.05, 0) is 44.7 Å². The molecule has 16 heavy (non-hydrogen) atoms. The van der Waals surface area contributed by atoms with Crippen molar-refractivity contribution in [3.05, 3.63) is 23.8 Å². The van der Waals surface area contributed by atoms with Crippen LogP contribution in [-0.4, -0.2) is 12.2 Å². The fourth-order valence-electron chi connectivity index (χ4n) is 1.93. The molecule has 0 bridgehead atoms. The van der Waals surface area contributed by atoms with Gasteiger partial charge in [-0.15, -0.1) is 0 Å². The van der Waals surface area contributed by atoms with Crippen molar-refractivity contribution in [3.8, 4) is 11.5 Å². The summed E-state index contributed by atoms with van der Waals surface area (Å²) in [4.78, 5) is 0. The lowest BCUT2D eigenvalue weighted by molar-refractivity contribution is 0.0842. The summed E-state index contributed by atoms with van der Waals surface area (Å²) in [5.74, 6) is 1.91. The summed E-state index contributed by atoms with van der Waals surface area (Å²) in [7, 11) is 0. The molecule has 0 atom stereocenters. The Kier molecular flexibility index (Phi) is 3.08. The second kappa shape index (κ2) is 4.36. The van der Waals surface area contributed by atoms with E-state index in [1.165, 1.54) is 5.56 Å². The minimum absolute atomic E-state index is 0.0453. The van der Waals surface area contributed by atoms with E-state index in [-0.39, 0.29) is 5.60 Å². The SMILES string of the molecule is CCCOc1ccc2c(c1)OC(C)(C)CC2. The van der Waals surface area contributed by atoms with Crippen LogP contribution in [0.15, 0.2) is 18.2 Å². The molecular formula is C14H20O2. The Labute approximate surface area is 97.6 Å². The molecule has 0 radical (unpaired) electrons. The van der Waals surface area contributed by atoms with Crippen LogP contribution in [0.25, 0.3) is 0 Å². The molecule has 0 saturated carbocycles. The van der Waals surface area contributed by atoms with E-state index >= 15 is 0 Å². The summed E-state index contributed by atoms with van der Waals surface area (Å²) in [6.45, 7) is 7.14. The highest BCUT2D eigenvalue weighted by atomic mass is 16.5. The molecule has 0 aromatic heterocycles. The van der Waals surface area contributed by atoms with Crippen LogP contribution in [0.5, 0.6) is 11.5 Å². The number of benzene rings is 1. The van der Waals surface area contributed by atoms with E-state index in [0.717, 1.165) is 37.4 Å². The topological polar surface area (TPSA) is 18.5 Å². The fourth-order valence-corrected chi connectivity index (χ4v) is 1.93. The van der Waals surface area contributed by atoms with E-state index in [2.05, 4.69) is 26.8 Å². The van der Waals surface area contributed by atoms with Gasteiger partial charge < -0.3 is 9.47 Å². The molecule has 1 aliphatic heterocycles. The summed E-state index contributed by atoms with van der Waals surface area (Å²) in [5.41, 5.74) is 1.25. The van der Waals surface area contributed by atoms with Crippen LogP contribution in [0.4, 0.5) is 0 Å². The van der Waals surface area contributed by atoms with Gasteiger partial charge in [0, 0.05) is 6.07 Å². The number of hydrogen-bond acceptors (Lipinski definition) is 2. The van der Waals surface area contributed by atoms with Gasteiger partial charge in [0.05, 0.1) is 6.61 Å². The largest absolute Gasteiger partial charge is 0.493 e. The van der Waals surface area contributed by atoms with Gasteiger partial charge >= 0.3 is 0 Å². The number of aryl methyl sites for hydroxylation is 1. The lowest BCUT2D eigenvalue weighted by atomic mass is 9.94. The maximum atomic E-state index is 5.96. The van der Waals surface area contributed by atoms with Crippen LogP contribution in [-0.2, 0) is 6.42 Å². The van der Waals surface area contributed by atoms with E-state index in [1.807, 2.05) is 12.1 Å². The number of fused-ring (bicyclic) bond motifs is 1. The zero-order valence-corrected chi connectivity index (χ0v) is 10.4. The van der Waals surface area contributed by atoms with E-state index in [9.17, 15) is 0 Å². The average Bonchev–Trinajstić information content (AvgIpc) is 2.24. The van der Waals surface area contributed by atoms with Crippen LogP contribution in [0, 0.1) is 0 Å². The number of rotatable bonds is 3. The predicted molar refractivity (Wildman–Crippen MR) is 65.3 cm³/mol. The van der Waals surface area contributed by atoms with Gasteiger partial charge in [0.15, 0.2) is 0 Å². The Bertz CT molecular complexity index is 369. The van der Waals surface area contributed by atoms with Crippen LogP contribution >= 0.6 is 0 Å². The average molecular weight is 220 g/mol. The summed E-state index contributed by atoms with van der Waals surface area (Å²) >= 11 is 0. The lowest BCUT2D eigenvalue weighted by Gasteiger charge is -2.32. The Balaban J connectivity index is 2.17. The van der Waals surface area contributed by atoms with E-state index in [0.29, 0.717) is 0 Å². The Morgan fingerprint density at radius 3 is 2.94 bits per heavy atom. The minimum atomic E-state index is -0.0453. The quantitative estimate of drug-likeness (QED) is 0.775. The smallest absolute Gasteiger partial charge is 0.126 e. The highest BCUT2D eigenvalue weighted by Crippen LogP contribution is 2.35. The van der Waals surface area contributed by atoms with Gasteiger partial charge in [0.1, 0.15) is 17.1 Å². The Hall–Kier alpha value is -1.18. The first-order valence-corrected chi connectivity index (χ1v) is 6.05. The summed E-state index contributed by atoms with van der Waals surface area (Å²) < 4.78 is 11.6. The first-order chi connectivity index (χ1) is 7.61. The van der Waals surface area contributed by atoms with Crippen molar-refractivity contribution in [2.45, 2.75) is 45.6 Å². The predicted octanol–water partition coefficient (Wildman–Crippen LogP) is 3.58. The monoisotopic (exact) mass is 220 g/mol. The van der Waals surface area contributed by atoms with Gasteiger partial charge in [0.25, 0.3) is 0 Å². The molecule has 88 valence electrons. The first kappa shape index (κ1) is 11.3. The molecule has 0 N–H and O–H groups in total. The van der Waals surface area contributed by atoms with E-state index in [4.69, 9.17) is 9.47 Å². The molecule has 1 aromatic carbocycles. The van der Waals surface area contributed by atoms with Crippen molar-refractivity contribution < 1.29 is 9.47 Å². The highest BCUT2D eigenvalue weighted by molar-refractivity contribution is 5.42. The third-order valence-electron chi connectivity index (χ3n) is 2.89. The molecule has 1 aromatic rings. The molecule has 0 unspecified atom stereocenters. The molecule has 2 heteroatoms. The van der Waals surface area contributed by atoms with Crippen molar-refractivity contribution in [3.63, 3.8) is 0 Å². The Morgan fingerprint density at radius 2 is 2.19 bits per heavy atom. The van der Waals surface area contributed by atoms with Crippen molar-refractivity contribution in [1.82, 2.24) is 0 Å². The maximum absolute atomic E-state index is 5.96. The zero-order valence-electron chi connectivity index (χ0n) is 10.4. The van der Waals surface area contributed by atoms with Crippen LogP contribution in [0.3, 0.4) is 0 Å². The standard InChI is InChI=1S/C14H20O2/c1-4-9-15-12-6-5-11-7-8-14(2,3)16-13(11)10-12/h5-6,10H,4,7-9H2,1-3H3. The molecule has 2 rings (SSSR count). The zero-order chi connectivity index (χ0) is 11.6. The maximum Gasteiger partial charge on any atom is 0.126 e. The normalized spacial score (nSPS) is 17.4. The molecule has 1 aliphatic rings. The van der Waals surface area contributed by atoms with Gasteiger partial charge in [-0.3, -0.25) is 0 Å². The van der Waals surface area contributed by atoms with Crippen molar-refractivity contribution in [1.29, 1.82) is 0 Å². The highest BCUT2D eigenvalue weighted by Gasteiger charge is 2.26. The molecular weight excluding hydrogens is 200 g/mol.